The highest BCUT2D eigenvalue weighted by Crippen LogP contribution is 2.31. The summed E-state index contributed by atoms with van der Waals surface area (Å²) < 4.78 is 5.87. The molecule has 0 spiro atoms. The van der Waals surface area contributed by atoms with E-state index in [9.17, 15) is 0 Å². The lowest BCUT2D eigenvalue weighted by Crippen LogP contribution is -2.19. The SMILES string of the molecule is CC(C)C(C)Oc1ccc2cnccc2c1N. The van der Waals surface area contributed by atoms with E-state index in [0.717, 1.165) is 16.5 Å². The molecule has 1 aromatic heterocycles. The first-order valence-corrected chi connectivity index (χ1v) is 5.88. The molecule has 0 amide bonds. The van der Waals surface area contributed by atoms with Gasteiger partial charge in [-0.15, -0.1) is 0 Å². The molecule has 0 aliphatic carbocycles. The monoisotopic (exact) mass is 230 g/mol. The lowest BCUT2D eigenvalue weighted by Gasteiger charge is -2.19. The van der Waals surface area contributed by atoms with Crippen LogP contribution in [0.5, 0.6) is 5.75 Å². The predicted octanol–water partition coefficient (Wildman–Crippen LogP) is 3.24. The Balaban J connectivity index is 2.39. The summed E-state index contributed by atoms with van der Waals surface area (Å²) in [7, 11) is 0. The van der Waals surface area contributed by atoms with Gasteiger partial charge in [-0.1, -0.05) is 13.8 Å². The number of benzene rings is 1. The maximum Gasteiger partial charge on any atom is 0.143 e. The van der Waals surface area contributed by atoms with Crippen molar-refractivity contribution >= 4 is 16.5 Å². The standard InChI is InChI=1S/C14H18N2O/c1-9(2)10(3)17-13-5-4-11-8-16-7-6-12(11)14(13)15/h4-10H,15H2,1-3H3. The summed E-state index contributed by atoms with van der Waals surface area (Å²) in [5.41, 5.74) is 6.81. The van der Waals surface area contributed by atoms with Gasteiger partial charge in [-0.2, -0.15) is 0 Å². The van der Waals surface area contributed by atoms with Crippen LogP contribution < -0.4 is 10.5 Å². The number of rotatable bonds is 3. The van der Waals surface area contributed by atoms with Crippen LogP contribution >= 0.6 is 0 Å². The Bertz CT molecular complexity index is 523. The molecule has 0 saturated heterocycles. The predicted molar refractivity (Wildman–Crippen MR) is 71.1 cm³/mol. The van der Waals surface area contributed by atoms with Gasteiger partial charge in [-0.3, -0.25) is 4.98 Å². The summed E-state index contributed by atoms with van der Waals surface area (Å²) in [4.78, 5) is 4.08. The van der Waals surface area contributed by atoms with Gasteiger partial charge >= 0.3 is 0 Å². The smallest absolute Gasteiger partial charge is 0.143 e. The molecule has 2 aromatic rings. The highest BCUT2D eigenvalue weighted by atomic mass is 16.5. The van der Waals surface area contributed by atoms with E-state index in [-0.39, 0.29) is 6.10 Å². The summed E-state index contributed by atoms with van der Waals surface area (Å²) in [5.74, 6) is 1.22. The molecule has 1 atom stereocenters. The topological polar surface area (TPSA) is 48.1 Å². The Morgan fingerprint density at radius 2 is 1.94 bits per heavy atom. The van der Waals surface area contributed by atoms with E-state index in [2.05, 4.69) is 25.8 Å². The van der Waals surface area contributed by atoms with Crippen LogP contribution in [0.25, 0.3) is 10.8 Å². The van der Waals surface area contributed by atoms with Crippen molar-refractivity contribution < 1.29 is 4.74 Å². The minimum Gasteiger partial charge on any atom is -0.488 e. The molecule has 2 rings (SSSR count). The van der Waals surface area contributed by atoms with Crippen molar-refractivity contribution in [1.82, 2.24) is 4.98 Å². The molecule has 0 bridgehead atoms. The Hall–Kier alpha value is -1.77. The molecule has 3 nitrogen and oxygen atoms in total. The van der Waals surface area contributed by atoms with Gasteiger partial charge in [0.25, 0.3) is 0 Å². The Morgan fingerprint density at radius 3 is 2.65 bits per heavy atom. The largest absolute Gasteiger partial charge is 0.488 e. The molecule has 1 unspecified atom stereocenters. The molecule has 90 valence electrons. The van der Waals surface area contributed by atoms with E-state index in [1.165, 1.54) is 0 Å². The van der Waals surface area contributed by atoms with E-state index in [4.69, 9.17) is 10.5 Å². The number of ether oxygens (including phenoxy) is 1. The van der Waals surface area contributed by atoms with Gasteiger partial charge in [0, 0.05) is 23.2 Å². The Morgan fingerprint density at radius 1 is 1.18 bits per heavy atom. The average molecular weight is 230 g/mol. The zero-order valence-electron chi connectivity index (χ0n) is 10.5. The second-order valence-corrected chi connectivity index (χ2v) is 4.64. The summed E-state index contributed by atoms with van der Waals surface area (Å²) in [6.07, 6.45) is 3.70. The first kappa shape index (κ1) is 11.7. The van der Waals surface area contributed by atoms with Crippen molar-refractivity contribution in [3.05, 3.63) is 30.6 Å². The molecule has 1 aromatic carbocycles. The molecule has 17 heavy (non-hydrogen) atoms. The third-order valence-electron chi connectivity index (χ3n) is 3.07. The summed E-state index contributed by atoms with van der Waals surface area (Å²) >= 11 is 0. The highest BCUT2D eigenvalue weighted by Gasteiger charge is 2.12. The minimum atomic E-state index is 0.150. The number of aromatic nitrogens is 1. The van der Waals surface area contributed by atoms with Crippen LogP contribution in [0.15, 0.2) is 30.6 Å². The van der Waals surface area contributed by atoms with Crippen LogP contribution in [0.4, 0.5) is 5.69 Å². The first-order valence-electron chi connectivity index (χ1n) is 5.88. The van der Waals surface area contributed by atoms with E-state index in [1.54, 1.807) is 12.4 Å². The van der Waals surface area contributed by atoms with Crippen molar-refractivity contribution in [1.29, 1.82) is 0 Å². The van der Waals surface area contributed by atoms with Gasteiger partial charge in [-0.05, 0) is 31.0 Å². The van der Waals surface area contributed by atoms with Crippen molar-refractivity contribution in [2.45, 2.75) is 26.9 Å². The Kier molecular flexibility index (Phi) is 3.18. The number of nitrogens with zero attached hydrogens (tertiary/aromatic N) is 1. The zero-order valence-corrected chi connectivity index (χ0v) is 10.5. The number of pyridine rings is 1. The van der Waals surface area contributed by atoms with Crippen LogP contribution in [0.2, 0.25) is 0 Å². The molecular formula is C14H18N2O. The summed E-state index contributed by atoms with van der Waals surface area (Å²) in [6.45, 7) is 6.32. The Labute approximate surface area is 102 Å². The summed E-state index contributed by atoms with van der Waals surface area (Å²) in [6, 6.07) is 5.82. The zero-order chi connectivity index (χ0) is 12.4. The van der Waals surface area contributed by atoms with Crippen LogP contribution in [0.3, 0.4) is 0 Å². The van der Waals surface area contributed by atoms with Gasteiger partial charge in [-0.25, -0.2) is 0 Å². The second kappa shape index (κ2) is 4.62. The summed E-state index contributed by atoms with van der Waals surface area (Å²) in [5, 5.41) is 2.03. The van der Waals surface area contributed by atoms with Crippen LogP contribution in [0, 0.1) is 5.92 Å². The molecular weight excluding hydrogens is 212 g/mol. The molecule has 1 heterocycles. The lowest BCUT2D eigenvalue weighted by molar-refractivity contribution is 0.172. The second-order valence-electron chi connectivity index (χ2n) is 4.64. The molecule has 0 fully saturated rings. The number of fused-ring (bicyclic) bond motifs is 1. The van der Waals surface area contributed by atoms with Crippen LogP contribution in [0.1, 0.15) is 20.8 Å². The lowest BCUT2D eigenvalue weighted by atomic mass is 10.1. The number of hydrogen-bond acceptors (Lipinski definition) is 3. The fourth-order valence-corrected chi connectivity index (χ4v) is 1.61. The number of nitrogens with two attached hydrogens (primary N) is 1. The molecule has 3 heteroatoms. The third kappa shape index (κ3) is 2.33. The average Bonchev–Trinajstić information content (AvgIpc) is 2.33. The number of nitrogen functional groups attached to an aromatic ring is 1. The normalized spacial score (nSPS) is 12.9. The van der Waals surface area contributed by atoms with E-state index in [0.29, 0.717) is 11.6 Å². The molecule has 0 aliphatic rings. The molecule has 0 saturated carbocycles. The quantitative estimate of drug-likeness (QED) is 0.823. The first-order chi connectivity index (χ1) is 8.09. The van der Waals surface area contributed by atoms with Gasteiger partial charge in [0.15, 0.2) is 0 Å². The van der Waals surface area contributed by atoms with E-state index < -0.39 is 0 Å². The maximum absolute atomic E-state index is 6.11. The van der Waals surface area contributed by atoms with Crippen LogP contribution in [-0.2, 0) is 0 Å². The highest BCUT2D eigenvalue weighted by molar-refractivity contribution is 5.95. The number of anilines is 1. The minimum absolute atomic E-state index is 0.150. The van der Waals surface area contributed by atoms with Crippen molar-refractivity contribution in [2.75, 3.05) is 5.73 Å². The van der Waals surface area contributed by atoms with Gasteiger partial charge in [0.2, 0.25) is 0 Å². The molecule has 0 aliphatic heterocycles. The molecule has 0 radical (unpaired) electrons. The third-order valence-corrected chi connectivity index (χ3v) is 3.07. The van der Waals surface area contributed by atoms with Gasteiger partial charge in [0.1, 0.15) is 5.75 Å². The fourth-order valence-electron chi connectivity index (χ4n) is 1.61. The number of hydrogen-bond donors (Lipinski definition) is 1. The molecule has 2 N–H and O–H groups in total. The van der Waals surface area contributed by atoms with E-state index in [1.807, 2.05) is 18.2 Å². The van der Waals surface area contributed by atoms with E-state index >= 15 is 0 Å². The van der Waals surface area contributed by atoms with Crippen LogP contribution in [-0.4, -0.2) is 11.1 Å². The van der Waals surface area contributed by atoms with Gasteiger partial charge in [0.05, 0.1) is 11.8 Å². The van der Waals surface area contributed by atoms with Crippen molar-refractivity contribution in [2.24, 2.45) is 5.92 Å². The van der Waals surface area contributed by atoms with Crippen molar-refractivity contribution in [3.63, 3.8) is 0 Å². The fraction of sp³-hybridized carbons (Fsp3) is 0.357. The maximum atomic E-state index is 6.11. The van der Waals surface area contributed by atoms with Gasteiger partial charge < -0.3 is 10.5 Å². The van der Waals surface area contributed by atoms with Crippen molar-refractivity contribution in [3.8, 4) is 5.75 Å².